The average molecular weight is 287 g/mol. The Kier molecular flexibility index (Phi) is 3.41. The van der Waals surface area contributed by atoms with E-state index in [1.165, 1.54) is 4.90 Å². The van der Waals surface area contributed by atoms with E-state index >= 15 is 0 Å². The summed E-state index contributed by atoms with van der Waals surface area (Å²) in [5, 5.41) is 10.1. The van der Waals surface area contributed by atoms with Gasteiger partial charge in [-0.3, -0.25) is 4.79 Å². The Hall–Kier alpha value is -2.30. The molecule has 0 saturated carbocycles. The summed E-state index contributed by atoms with van der Waals surface area (Å²) in [6.07, 6.45) is 2.16. The standard InChI is InChI=1S/C16H17NO4/c1-10-5-6-13-11(8-10)9-14(21-13)15(18)17-7-3-2-4-12(17)16(19)20/h5-6,8-9,12H,2-4,7H2,1H3,(H,19,20)/t12-/m0/s1. The number of carbonyl (C=O) groups is 2. The van der Waals surface area contributed by atoms with Crippen LogP contribution in [-0.4, -0.2) is 34.5 Å². The fourth-order valence-electron chi connectivity index (χ4n) is 2.84. The molecule has 3 rings (SSSR count). The average Bonchev–Trinajstić information content (AvgIpc) is 2.89. The molecule has 1 aliphatic heterocycles. The predicted molar refractivity (Wildman–Crippen MR) is 77.3 cm³/mol. The van der Waals surface area contributed by atoms with Crippen molar-refractivity contribution in [1.82, 2.24) is 4.90 Å². The molecule has 0 spiro atoms. The number of aryl methyl sites for hydroxylation is 1. The molecular weight excluding hydrogens is 270 g/mol. The SMILES string of the molecule is Cc1ccc2oc(C(=O)N3CCCC[C@H]3C(=O)O)cc2c1. The molecule has 1 saturated heterocycles. The summed E-state index contributed by atoms with van der Waals surface area (Å²) in [6, 6.07) is 6.63. The van der Waals surface area contributed by atoms with Gasteiger partial charge in [-0.1, -0.05) is 11.6 Å². The van der Waals surface area contributed by atoms with Gasteiger partial charge >= 0.3 is 5.97 Å². The van der Waals surface area contributed by atoms with Crippen LogP contribution in [0.3, 0.4) is 0 Å². The number of aliphatic carboxylic acids is 1. The normalized spacial score (nSPS) is 18.9. The summed E-state index contributed by atoms with van der Waals surface area (Å²) in [4.78, 5) is 25.2. The number of carboxylic acids is 1. The molecule has 5 heteroatoms. The molecule has 1 fully saturated rings. The first kappa shape index (κ1) is 13.7. The van der Waals surface area contributed by atoms with E-state index in [0.29, 0.717) is 18.5 Å². The molecule has 2 heterocycles. The molecular formula is C16H17NO4. The van der Waals surface area contributed by atoms with Crippen molar-refractivity contribution < 1.29 is 19.1 Å². The van der Waals surface area contributed by atoms with Crippen molar-refractivity contribution in [1.29, 1.82) is 0 Å². The zero-order valence-electron chi connectivity index (χ0n) is 11.8. The van der Waals surface area contributed by atoms with Crippen LogP contribution < -0.4 is 0 Å². The second-order valence-electron chi connectivity index (χ2n) is 5.50. The molecule has 2 aromatic rings. The number of hydrogen-bond donors (Lipinski definition) is 1. The van der Waals surface area contributed by atoms with Gasteiger partial charge in [-0.05, 0) is 44.4 Å². The van der Waals surface area contributed by atoms with Crippen LogP contribution in [0.1, 0.15) is 35.4 Å². The minimum atomic E-state index is -0.949. The summed E-state index contributed by atoms with van der Waals surface area (Å²) in [6.45, 7) is 2.44. The van der Waals surface area contributed by atoms with Gasteiger partial charge in [0.2, 0.25) is 0 Å². The number of likely N-dealkylation sites (tertiary alicyclic amines) is 1. The molecule has 0 bridgehead atoms. The maximum Gasteiger partial charge on any atom is 0.326 e. The summed E-state index contributed by atoms with van der Waals surface area (Å²) in [7, 11) is 0. The number of carbonyl (C=O) groups excluding carboxylic acids is 1. The summed E-state index contributed by atoms with van der Waals surface area (Å²) < 4.78 is 5.58. The number of rotatable bonds is 2. The molecule has 1 N–H and O–H groups in total. The van der Waals surface area contributed by atoms with Crippen LogP contribution in [0.4, 0.5) is 0 Å². The molecule has 0 aliphatic carbocycles. The van der Waals surface area contributed by atoms with Crippen LogP contribution in [0.25, 0.3) is 11.0 Å². The Labute approximate surface area is 122 Å². The Balaban J connectivity index is 1.93. The van der Waals surface area contributed by atoms with Gasteiger partial charge < -0.3 is 14.4 Å². The highest BCUT2D eigenvalue weighted by Gasteiger charge is 2.33. The second kappa shape index (κ2) is 5.24. The number of benzene rings is 1. The van der Waals surface area contributed by atoms with E-state index in [9.17, 15) is 14.7 Å². The first-order valence-electron chi connectivity index (χ1n) is 7.10. The van der Waals surface area contributed by atoms with Crippen molar-refractivity contribution in [3.8, 4) is 0 Å². The van der Waals surface area contributed by atoms with Crippen molar-refractivity contribution in [3.05, 3.63) is 35.6 Å². The number of piperidine rings is 1. The third-order valence-corrected chi connectivity index (χ3v) is 3.93. The van der Waals surface area contributed by atoms with Crippen LogP contribution in [0, 0.1) is 6.92 Å². The second-order valence-corrected chi connectivity index (χ2v) is 5.50. The van der Waals surface area contributed by atoms with Crippen LogP contribution in [-0.2, 0) is 4.79 Å². The third kappa shape index (κ3) is 2.51. The summed E-state index contributed by atoms with van der Waals surface area (Å²) in [5.41, 5.74) is 1.73. The van der Waals surface area contributed by atoms with Gasteiger partial charge in [0.1, 0.15) is 11.6 Å². The van der Waals surface area contributed by atoms with Crippen molar-refractivity contribution in [2.45, 2.75) is 32.2 Å². The Morgan fingerprint density at radius 1 is 1.29 bits per heavy atom. The lowest BCUT2D eigenvalue weighted by molar-refractivity contribution is -0.143. The van der Waals surface area contributed by atoms with Gasteiger partial charge in [-0.15, -0.1) is 0 Å². The fourth-order valence-corrected chi connectivity index (χ4v) is 2.84. The number of hydrogen-bond acceptors (Lipinski definition) is 3. The lowest BCUT2D eigenvalue weighted by atomic mass is 10.0. The van der Waals surface area contributed by atoms with Crippen molar-refractivity contribution >= 4 is 22.8 Å². The van der Waals surface area contributed by atoms with E-state index in [-0.39, 0.29) is 11.7 Å². The van der Waals surface area contributed by atoms with E-state index in [1.54, 1.807) is 6.07 Å². The monoisotopic (exact) mass is 287 g/mol. The van der Waals surface area contributed by atoms with E-state index in [2.05, 4.69) is 0 Å². The molecule has 1 amide bonds. The van der Waals surface area contributed by atoms with Crippen LogP contribution in [0.15, 0.2) is 28.7 Å². The summed E-state index contributed by atoms with van der Waals surface area (Å²) >= 11 is 0. The molecule has 110 valence electrons. The molecule has 1 aromatic heterocycles. The maximum absolute atomic E-state index is 12.5. The minimum Gasteiger partial charge on any atom is -0.480 e. The molecule has 1 aromatic carbocycles. The van der Waals surface area contributed by atoms with Gasteiger partial charge in [0.05, 0.1) is 0 Å². The molecule has 0 radical (unpaired) electrons. The first-order chi connectivity index (χ1) is 10.1. The smallest absolute Gasteiger partial charge is 0.326 e. The lowest BCUT2D eigenvalue weighted by Crippen LogP contribution is -2.47. The number of carboxylic acid groups (broad SMARTS) is 1. The van der Waals surface area contributed by atoms with Gasteiger partial charge in [-0.2, -0.15) is 0 Å². The van der Waals surface area contributed by atoms with E-state index in [1.807, 2.05) is 25.1 Å². The highest BCUT2D eigenvalue weighted by Crippen LogP contribution is 2.25. The van der Waals surface area contributed by atoms with E-state index in [0.717, 1.165) is 23.8 Å². The minimum absolute atomic E-state index is 0.212. The zero-order valence-corrected chi connectivity index (χ0v) is 11.8. The van der Waals surface area contributed by atoms with E-state index in [4.69, 9.17) is 4.42 Å². The number of nitrogens with zero attached hydrogens (tertiary/aromatic N) is 1. The van der Waals surface area contributed by atoms with Crippen molar-refractivity contribution in [2.75, 3.05) is 6.54 Å². The third-order valence-electron chi connectivity index (χ3n) is 3.93. The van der Waals surface area contributed by atoms with Crippen molar-refractivity contribution in [3.63, 3.8) is 0 Å². The van der Waals surface area contributed by atoms with Gasteiger partial charge in [0.15, 0.2) is 5.76 Å². The number of fused-ring (bicyclic) bond motifs is 1. The Morgan fingerprint density at radius 3 is 2.86 bits per heavy atom. The van der Waals surface area contributed by atoms with Gasteiger partial charge in [0, 0.05) is 11.9 Å². The van der Waals surface area contributed by atoms with Crippen molar-refractivity contribution in [2.24, 2.45) is 0 Å². The van der Waals surface area contributed by atoms with Gasteiger partial charge in [-0.25, -0.2) is 4.79 Å². The molecule has 1 atom stereocenters. The van der Waals surface area contributed by atoms with Crippen LogP contribution in [0.5, 0.6) is 0 Å². The quantitative estimate of drug-likeness (QED) is 0.922. The highest BCUT2D eigenvalue weighted by molar-refractivity contribution is 5.98. The van der Waals surface area contributed by atoms with Crippen LogP contribution >= 0.6 is 0 Å². The largest absolute Gasteiger partial charge is 0.480 e. The Bertz CT molecular complexity index is 703. The molecule has 0 unspecified atom stereocenters. The molecule has 21 heavy (non-hydrogen) atoms. The number of amides is 1. The predicted octanol–water partition coefficient (Wildman–Crippen LogP) is 2.82. The lowest BCUT2D eigenvalue weighted by Gasteiger charge is -2.32. The van der Waals surface area contributed by atoms with Gasteiger partial charge in [0.25, 0.3) is 5.91 Å². The highest BCUT2D eigenvalue weighted by atomic mass is 16.4. The first-order valence-corrected chi connectivity index (χ1v) is 7.10. The maximum atomic E-state index is 12.5. The topological polar surface area (TPSA) is 70.8 Å². The molecule has 1 aliphatic rings. The Morgan fingerprint density at radius 2 is 2.10 bits per heavy atom. The van der Waals surface area contributed by atoms with Crippen LogP contribution in [0.2, 0.25) is 0 Å². The molecule has 5 nitrogen and oxygen atoms in total. The zero-order chi connectivity index (χ0) is 15.0. The van der Waals surface area contributed by atoms with E-state index < -0.39 is 12.0 Å². The number of furan rings is 1. The summed E-state index contributed by atoms with van der Waals surface area (Å²) in [5.74, 6) is -1.07. The fraction of sp³-hybridized carbons (Fsp3) is 0.375.